The fourth-order valence-corrected chi connectivity index (χ4v) is 4.74. The van der Waals surface area contributed by atoms with Gasteiger partial charge in [0.15, 0.2) is 0 Å². The normalized spacial score (nSPS) is 13.9. The summed E-state index contributed by atoms with van der Waals surface area (Å²) in [4.78, 5) is 0. The smallest absolute Gasteiger partial charge is 0.0314 e. The Hall–Kier alpha value is -3.52. The highest BCUT2D eigenvalue weighted by Crippen LogP contribution is 2.30. The average Bonchev–Trinajstić information content (AvgIpc) is 2.88. The standard InChI is InChI=1S/C32H36N2/c1-4-25(30-11-9-27(10-12-30)23(3)29-15-19-32(34)20-16-29)21-24-5-7-26(8-6-24)22(2)28-13-17-31(33)18-14-28/h5-20,22-23,25H,4,21,33-34H2,1-3H3. The quantitative estimate of drug-likeness (QED) is 0.269. The van der Waals surface area contributed by atoms with Gasteiger partial charge in [0.05, 0.1) is 0 Å². The van der Waals surface area contributed by atoms with Gasteiger partial charge in [0.1, 0.15) is 0 Å². The van der Waals surface area contributed by atoms with Gasteiger partial charge in [-0.15, -0.1) is 0 Å². The maximum absolute atomic E-state index is 5.85. The highest BCUT2D eigenvalue weighted by atomic mass is 14.5. The average molecular weight is 449 g/mol. The van der Waals surface area contributed by atoms with Crippen LogP contribution < -0.4 is 11.5 Å². The number of hydrogen-bond donors (Lipinski definition) is 2. The van der Waals surface area contributed by atoms with E-state index in [0.717, 1.165) is 24.2 Å². The third kappa shape index (κ3) is 5.51. The summed E-state index contributed by atoms with van der Waals surface area (Å²) in [6.07, 6.45) is 2.18. The molecule has 174 valence electrons. The molecular formula is C32H36N2. The zero-order chi connectivity index (χ0) is 24.1. The van der Waals surface area contributed by atoms with Crippen LogP contribution in [0.1, 0.15) is 78.3 Å². The van der Waals surface area contributed by atoms with E-state index in [4.69, 9.17) is 11.5 Å². The van der Waals surface area contributed by atoms with E-state index in [1.165, 1.54) is 33.4 Å². The maximum Gasteiger partial charge on any atom is 0.0314 e. The molecule has 0 heterocycles. The van der Waals surface area contributed by atoms with Crippen LogP contribution in [0.3, 0.4) is 0 Å². The lowest BCUT2D eigenvalue weighted by atomic mass is 9.86. The Morgan fingerprint density at radius 2 is 0.824 bits per heavy atom. The Kier molecular flexibility index (Phi) is 7.37. The van der Waals surface area contributed by atoms with E-state index in [9.17, 15) is 0 Å². The van der Waals surface area contributed by atoms with Gasteiger partial charge >= 0.3 is 0 Å². The molecule has 0 bridgehead atoms. The SMILES string of the molecule is CCC(Cc1ccc(C(C)c2ccc(N)cc2)cc1)c1ccc(C(C)c2ccc(N)cc2)cc1. The second-order valence-electron chi connectivity index (χ2n) is 9.49. The van der Waals surface area contributed by atoms with Gasteiger partial charge in [-0.2, -0.15) is 0 Å². The summed E-state index contributed by atoms with van der Waals surface area (Å²) in [6, 6.07) is 34.8. The lowest BCUT2D eigenvalue weighted by Gasteiger charge is -2.19. The molecule has 34 heavy (non-hydrogen) atoms. The molecule has 0 saturated heterocycles. The Morgan fingerprint density at radius 3 is 1.21 bits per heavy atom. The molecule has 0 saturated carbocycles. The third-order valence-electron chi connectivity index (χ3n) is 7.24. The van der Waals surface area contributed by atoms with E-state index in [-0.39, 0.29) is 0 Å². The van der Waals surface area contributed by atoms with E-state index in [0.29, 0.717) is 17.8 Å². The predicted octanol–water partition coefficient (Wildman–Crippen LogP) is 7.89. The van der Waals surface area contributed by atoms with Crippen LogP contribution in [-0.2, 0) is 6.42 Å². The topological polar surface area (TPSA) is 52.0 Å². The summed E-state index contributed by atoms with van der Waals surface area (Å²) < 4.78 is 0. The summed E-state index contributed by atoms with van der Waals surface area (Å²) in [5.74, 6) is 1.22. The minimum absolute atomic E-state index is 0.352. The first kappa shape index (κ1) is 23.6. The molecule has 4 aromatic carbocycles. The first-order valence-corrected chi connectivity index (χ1v) is 12.3. The van der Waals surface area contributed by atoms with Crippen molar-refractivity contribution in [3.8, 4) is 0 Å². The Bertz CT molecular complexity index is 1170. The lowest BCUT2D eigenvalue weighted by Crippen LogP contribution is -2.04. The molecule has 3 unspecified atom stereocenters. The number of nitrogen functional groups attached to an aromatic ring is 2. The number of hydrogen-bond acceptors (Lipinski definition) is 2. The second-order valence-corrected chi connectivity index (χ2v) is 9.49. The van der Waals surface area contributed by atoms with Crippen LogP contribution in [0.2, 0.25) is 0 Å². The Balaban J connectivity index is 1.43. The minimum Gasteiger partial charge on any atom is -0.399 e. The molecule has 0 radical (unpaired) electrons. The molecule has 4 aromatic rings. The summed E-state index contributed by atoms with van der Waals surface area (Å²) in [7, 11) is 0. The zero-order valence-electron chi connectivity index (χ0n) is 20.5. The van der Waals surface area contributed by atoms with Crippen LogP contribution >= 0.6 is 0 Å². The molecule has 0 amide bonds. The molecule has 4 N–H and O–H groups in total. The van der Waals surface area contributed by atoms with Gasteiger partial charge in [0.25, 0.3) is 0 Å². The summed E-state index contributed by atoms with van der Waals surface area (Å²) in [5.41, 5.74) is 21.4. The fourth-order valence-electron chi connectivity index (χ4n) is 4.74. The number of anilines is 2. The molecule has 0 aliphatic heterocycles. The molecule has 0 aliphatic rings. The van der Waals surface area contributed by atoms with Crippen molar-refractivity contribution in [2.45, 2.75) is 51.4 Å². The fraction of sp³-hybridized carbons (Fsp3) is 0.250. The Morgan fingerprint density at radius 1 is 0.500 bits per heavy atom. The molecule has 2 nitrogen and oxygen atoms in total. The molecule has 0 aliphatic carbocycles. The van der Waals surface area contributed by atoms with E-state index in [2.05, 4.69) is 93.6 Å². The molecule has 4 rings (SSSR count). The van der Waals surface area contributed by atoms with Crippen LogP contribution in [0.5, 0.6) is 0 Å². The van der Waals surface area contributed by atoms with Crippen molar-refractivity contribution < 1.29 is 0 Å². The van der Waals surface area contributed by atoms with Crippen molar-refractivity contribution in [1.82, 2.24) is 0 Å². The lowest BCUT2D eigenvalue weighted by molar-refractivity contribution is 0.659. The van der Waals surface area contributed by atoms with Crippen molar-refractivity contribution in [2.24, 2.45) is 0 Å². The van der Waals surface area contributed by atoms with Crippen molar-refractivity contribution >= 4 is 11.4 Å². The zero-order valence-corrected chi connectivity index (χ0v) is 20.5. The number of rotatable bonds is 8. The van der Waals surface area contributed by atoms with E-state index in [1.54, 1.807) is 0 Å². The second kappa shape index (κ2) is 10.6. The summed E-state index contributed by atoms with van der Waals surface area (Å²) in [6.45, 7) is 6.79. The van der Waals surface area contributed by atoms with Gasteiger partial charge in [0.2, 0.25) is 0 Å². The molecule has 0 spiro atoms. The molecule has 2 heteroatoms. The van der Waals surface area contributed by atoms with Gasteiger partial charge in [-0.25, -0.2) is 0 Å². The van der Waals surface area contributed by atoms with Gasteiger partial charge in [0, 0.05) is 23.2 Å². The molecule has 3 atom stereocenters. The first-order chi connectivity index (χ1) is 16.4. The highest BCUT2D eigenvalue weighted by molar-refractivity contribution is 5.44. The monoisotopic (exact) mass is 448 g/mol. The van der Waals surface area contributed by atoms with Crippen LogP contribution in [0.4, 0.5) is 11.4 Å². The summed E-state index contributed by atoms with van der Waals surface area (Å²) in [5, 5.41) is 0. The van der Waals surface area contributed by atoms with Gasteiger partial charge in [-0.05, 0) is 76.4 Å². The predicted molar refractivity (Wildman–Crippen MR) is 146 cm³/mol. The van der Waals surface area contributed by atoms with Crippen molar-refractivity contribution in [1.29, 1.82) is 0 Å². The summed E-state index contributed by atoms with van der Waals surface area (Å²) >= 11 is 0. The van der Waals surface area contributed by atoms with Crippen LogP contribution in [0.25, 0.3) is 0 Å². The van der Waals surface area contributed by atoms with Crippen molar-refractivity contribution in [3.63, 3.8) is 0 Å². The van der Waals surface area contributed by atoms with Crippen LogP contribution in [0.15, 0.2) is 97.1 Å². The van der Waals surface area contributed by atoms with E-state index >= 15 is 0 Å². The molecular weight excluding hydrogens is 412 g/mol. The third-order valence-corrected chi connectivity index (χ3v) is 7.24. The number of benzene rings is 4. The van der Waals surface area contributed by atoms with Crippen molar-refractivity contribution in [2.75, 3.05) is 11.5 Å². The maximum atomic E-state index is 5.85. The van der Waals surface area contributed by atoms with Crippen LogP contribution in [-0.4, -0.2) is 0 Å². The van der Waals surface area contributed by atoms with Gasteiger partial charge in [-0.3, -0.25) is 0 Å². The van der Waals surface area contributed by atoms with Gasteiger partial charge in [-0.1, -0.05) is 93.6 Å². The molecule has 0 aromatic heterocycles. The van der Waals surface area contributed by atoms with Gasteiger partial charge < -0.3 is 11.5 Å². The number of nitrogens with two attached hydrogens (primary N) is 2. The highest BCUT2D eigenvalue weighted by Gasteiger charge is 2.14. The van der Waals surface area contributed by atoms with Crippen LogP contribution in [0, 0.1) is 0 Å². The minimum atomic E-state index is 0.352. The first-order valence-electron chi connectivity index (χ1n) is 12.3. The largest absolute Gasteiger partial charge is 0.399 e. The van der Waals surface area contributed by atoms with Crippen molar-refractivity contribution in [3.05, 3.63) is 130 Å². The molecule has 0 fully saturated rings. The Labute approximate surface area is 204 Å². The van der Waals surface area contributed by atoms with E-state index in [1.807, 2.05) is 24.3 Å². The van der Waals surface area contributed by atoms with E-state index < -0.39 is 0 Å².